The SMILES string of the molecule is COc1ccc(Cl)cc1-c1c(Cl)cc(Cl)cc1Cl. The van der Waals surface area contributed by atoms with Crippen molar-refractivity contribution in [3.05, 3.63) is 50.4 Å². The molecule has 0 unspecified atom stereocenters. The second-order valence-electron chi connectivity index (χ2n) is 3.59. The number of methoxy groups -OCH3 is 1. The van der Waals surface area contributed by atoms with Gasteiger partial charge in [-0.1, -0.05) is 46.4 Å². The lowest BCUT2D eigenvalue weighted by Gasteiger charge is -2.12. The van der Waals surface area contributed by atoms with Gasteiger partial charge in [0.25, 0.3) is 0 Å². The van der Waals surface area contributed by atoms with Crippen LogP contribution < -0.4 is 4.74 Å². The average molecular weight is 322 g/mol. The molecule has 0 aliphatic rings. The van der Waals surface area contributed by atoms with E-state index in [4.69, 9.17) is 51.1 Å². The first-order valence-corrected chi connectivity index (χ1v) is 6.52. The van der Waals surface area contributed by atoms with Gasteiger partial charge in [-0.15, -0.1) is 0 Å². The second-order valence-corrected chi connectivity index (χ2v) is 5.28. The van der Waals surface area contributed by atoms with Crippen LogP contribution in [0.2, 0.25) is 20.1 Å². The van der Waals surface area contributed by atoms with Gasteiger partial charge in [-0.25, -0.2) is 0 Å². The second kappa shape index (κ2) is 5.58. The van der Waals surface area contributed by atoms with E-state index in [2.05, 4.69) is 0 Å². The Balaban J connectivity index is 2.72. The zero-order chi connectivity index (χ0) is 13.3. The number of hydrogen-bond acceptors (Lipinski definition) is 1. The van der Waals surface area contributed by atoms with Crippen molar-refractivity contribution in [2.24, 2.45) is 0 Å². The largest absolute Gasteiger partial charge is 0.496 e. The van der Waals surface area contributed by atoms with E-state index in [1.165, 1.54) is 0 Å². The number of ether oxygens (including phenoxy) is 1. The minimum atomic E-state index is 0.452. The third-order valence-electron chi connectivity index (χ3n) is 2.44. The fourth-order valence-electron chi connectivity index (χ4n) is 1.68. The summed E-state index contributed by atoms with van der Waals surface area (Å²) in [5, 5.41) is 1.96. The standard InChI is InChI=1S/C13H8Cl4O/c1-18-12-3-2-7(14)4-9(12)13-10(16)5-8(15)6-11(13)17/h2-6H,1H3. The Morgan fingerprint density at radius 1 is 0.833 bits per heavy atom. The average Bonchev–Trinajstić information content (AvgIpc) is 2.28. The van der Waals surface area contributed by atoms with Crippen molar-refractivity contribution in [3.63, 3.8) is 0 Å². The molecular weight excluding hydrogens is 314 g/mol. The van der Waals surface area contributed by atoms with Gasteiger partial charge in [0.2, 0.25) is 0 Å². The molecule has 94 valence electrons. The highest BCUT2D eigenvalue weighted by Crippen LogP contribution is 2.42. The van der Waals surface area contributed by atoms with Crippen LogP contribution in [0.1, 0.15) is 0 Å². The summed E-state index contributed by atoms with van der Waals surface area (Å²) in [5.74, 6) is 0.644. The van der Waals surface area contributed by atoms with Crippen LogP contribution in [0, 0.1) is 0 Å². The van der Waals surface area contributed by atoms with E-state index >= 15 is 0 Å². The first kappa shape index (κ1) is 13.8. The number of rotatable bonds is 2. The van der Waals surface area contributed by atoms with E-state index in [1.54, 1.807) is 37.4 Å². The van der Waals surface area contributed by atoms with Gasteiger partial charge in [0.05, 0.1) is 17.2 Å². The minimum Gasteiger partial charge on any atom is -0.496 e. The summed E-state index contributed by atoms with van der Waals surface area (Å²) in [5.41, 5.74) is 1.39. The van der Waals surface area contributed by atoms with Crippen LogP contribution >= 0.6 is 46.4 Å². The minimum absolute atomic E-state index is 0.452. The first-order chi connectivity index (χ1) is 8.52. The summed E-state index contributed by atoms with van der Waals surface area (Å²) >= 11 is 24.2. The maximum atomic E-state index is 6.18. The van der Waals surface area contributed by atoms with Gasteiger partial charge in [-0.3, -0.25) is 0 Å². The number of hydrogen-bond donors (Lipinski definition) is 0. The predicted octanol–water partition coefficient (Wildman–Crippen LogP) is 5.98. The molecule has 0 N–H and O–H groups in total. The Morgan fingerprint density at radius 2 is 1.44 bits per heavy atom. The van der Waals surface area contributed by atoms with E-state index in [0.29, 0.717) is 31.4 Å². The number of benzene rings is 2. The molecule has 0 radical (unpaired) electrons. The Hall–Kier alpha value is -0.600. The van der Waals surface area contributed by atoms with Gasteiger partial charge in [0.15, 0.2) is 0 Å². The highest BCUT2D eigenvalue weighted by Gasteiger charge is 2.15. The van der Waals surface area contributed by atoms with E-state index in [0.717, 1.165) is 5.56 Å². The molecule has 0 aromatic heterocycles. The van der Waals surface area contributed by atoms with Crippen LogP contribution in [0.25, 0.3) is 11.1 Å². The van der Waals surface area contributed by atoms with Crippen LogP contribution in [-0.2, 0) is 0 Å². The molecular formula is C13H8Cl4O. The molecule has 5 heteroatoms. The van der Waals surface area contributed by atoms with E-state index < -0.39 is 0 Å². The van der Waals surface area contributed by atoms with E-state index in [9.17, 15) is 0 Å². The molecule has 0 fully saturated rings. The van der Waals surface area contributed by atoms with Crippen molar-refractivity contribution in [3.8, 4) is 16.9 Å². The van der Waals surface area contributed by atoms with Crippen LogP contribution in [0.4, 0.5) is 0 Å². The quantitative estimate of drug-likeness (QED) is 0.661. The van der Waals surface area contributed by atoms with Crippen molar-refractivity contribution in [1.29, 1.82) is 0 Å². The lowest BCUT2D eigenvalue weighted by atomic mass is 10.0. The molecule has 0 spiro atoms. The van der Waals surface area contributed by atoms with Crippen LogP contribution in [0.5, 0.6) is 5.75 Å². The van der Waals surface area contributed by atoms with Crippen molar-refractivity contribution >= 4 is 46.4 Å². The van der Waals surface area contributed by atoms with Crippen molar-refractivity contribution in [2.45, 2.75) is 0 Å². The molecule has 0 heterocycles. The Kier molecular flexibility index (Phi) is 4.29. The molecule has 2 aromatic rings. The third-order valence-corrected chi connectivity index (χ3v) is 3.49. The van der Waals surface area contributed by atoms with Crippen molar-refractivity contribution in [2.75, 3.05) is 7.11 Å². The van der Waals surface area contributed by atoms with Crippen molar-refractivity contribution < 1.29 is 4.74 Å². The summed E-state index contributed by atoms with van der Waals surface area (Å²) in [6, 6.07) is 8.51. The summed E-state index contributed by atoms with van der Waals surface area (Å²) in [6.45, 7) is 0. The van der Waals surface area contributed by atoms with Gasteiger partial charge in [0, 0.05) is 21.2 Å². The van der Waals surface area contributed by atoms with Crippen LogP contribution in [-0.4, -0.2) is 7.11 Å². The molecule has 0 aliphatic carbocycles. The molecule has 0 atom stereocenters. The maximum absolute atomic E-state index is 6.18. The summed E-state index contributed by atoms with van der Waals surface area (Å²) in [6.07, 6.45) is 0. The van der Waals surface area contributed by atoms with Crippen LogP contribution in [0.3, 0.4) is 0 Å². The zero-order valence-electron chi connectivity index (χ0n) is 9.31. The fraction of sp³-hybridized carbons (Fsp3) is 0.0769. The molecule has 0 saturated heterocycles. The summed E-state index contributed by atoms with van der Waals surface area (Å²) in [7, 11) is 1.57. The molecule has 2 rings (SSSR count). The molecule has 0 bridgehead atoms. The molecule has 0 amide bonds. The fourth-order valence-corrected chi connectivity index (χ4v) is 2.87. The lowest BCUT2D eigenvalue weighted by molar-refractivity contribution is 0.416. The zero-order valence-corrected chi connectivity index (χ0v) is 12.3. The predicted molar refractivity (Wildman–Crippen MR) is 78.5 cm³/mol. The van der Waals surface area contributed by atoms with Crippen molar-refractivity contribution in [1.82, 2.24) is 0 Å². The number of halogens is 4. The van der Waals surface area contributed by atoms with Gasteiger partial charge < -0.3 is 4.74 Å². The normalized spacial score (nSPS) is 10.5. The van der Waals surface area contributed by atoms with Crippen LogP contribution in [0.15, 0.2) is 30.3 Å². The van der Waals surface area contributed by atoms with Gasteiger partial charge in [-0.05, 0) is 30.3 Å². The van der Waals surface area contributed by atoms with Gasteiger partial charge in [0.1, 0.15) is 5.75 Å². The first-order valence-electron chi connectivity index (χ1n) is 5.01. The summed E-state index contributed by atoms with van der Waals surface area (Å²) < 4.78 is 5.29. The van der Waals surface area contributed by atoms with E-state index in [1.807, 2.05) is 0 Å². The maximum Gasteiger partial charge on any atom is 0.126 e. The molecule has 0 aliphatic heterocycles. The summed E-state index contributed by atoms with van der Waals surface area (Å²) in [4.78, 5) is 0. The monoisotopic (exact) mass is 320 g/mol. The van der Waals surface area contributed by atoms with E-state index in [-0.39, 0.29) is 0 Å². The highest BCUT2D eigenvalue weighted by molar-refractivity contribution is 6.42. The smallest absolute Gasteiger partial charge is 0.126 e. The Labute approximate surface area is 125 Å². The molecule has 2 aromatic carbocycles. The third kappa shape index (κ3) is 2.70. The van der Waals surface area contributed by atoms with Gasteiger partial charge >= 0.3 is 0 Å². The Bertz CT molecular complexity index is 573. The van der Waals surface area contributed by atoms with Gasteiger partial charge in [-0.2, -0.15) is 0 Å². The molecule has 1 nitrogen and oxygen atoms in total. The Morgan fingerprint density at radius 3 is 2.00 bits per heavy atom. The lowest BCUT2D eigenvalue weighted by Crippen LogP contribution is -1.89. The topological polar surface area (TPSA) is 9.23 Å². The highest BCUT2D eigenvalue weighted by atomic mass is 35.5. The molecule has 0 saturated carbocycles. The molecule has 18 heavy (non-hydrogen) atoms.